The second kappa shape index (κ2) is 19.4. The number of rotatable bonds is 13. The van der Waals surface area contributed by atoms with E-state index in [2.05, 4.69) is 10.6 Å². The van der Waals surface area contributed by atoms with Gasteiger partial charge >= 0.3 is 0 Å². The Morgan fingerprint density at radius 2 is 1.18 bits per heavy atom. The number of hydrogen-bond donors (Lipinski definition) is 4. The quantitative estimate of drug-likeness (QED) is 0.112. The molecule has 4 N–H and O–H groups in total. The van der Waals surface area contributed by atoms with Gasteiger partial charge < -0.3 is 49.3 Å². The third kappa shape index (κ3) is 9.46. The zero-order valence-electron chi connectivity index (χ0n) is 33.8. The summed E-state index contributed by atoms with van der Waals surface area (Å²) >= 11 is 1.35. The lowest BCUT2D eigenvalue weighted by Crippen LogP contribution is -2.69. The lowest BCUT2D eigenvalue weighted by Gasteiger charge is -2.51. The van der Waals surface area contributed by atoms with Gasteiger partial charge in [-0.1, -0.05) is 151 Å². The monoisotopic (exact) mass is 846 g/mol. The molecule has 318 valence electrons. The highest BCUT2D eigenvalue weighted by molar-refractivity contribution is 7.99. The van der Waals surface area contributed by atoms with Crippen LogP contribution in [0.5, 0.6) is 0 Å². The van der Waals surface area contributed by atoms with Gasteiger partial charge in [0.15, 0.2) is 12.6 Å². The fraction of sp³-hybridized carbons (Fsp3) is 0.333. The van der Waals surface area contributed by atoms with E-state index in [1.807, 2.05) is 152 Å². The van der Waals surface area contributed by atoms with Crippen molar-refractivity contribution in [1.29, 1.82) is 0 Å². The number of hydrogen-bond acceptors (Lipinski definition) is 11. The Morgan fingerprint density at radius 1 is 0.672 bits per heavy atom. The van der Waals surface area contributed by atoms with Crippen LogP contribution in [-0.4, -0.2) is 95.7 Å². The molecular weight excluding hydrogens is 797 g/mol. The van der Waals surface area contributed by atoms with Crippen LogP contribution in [0.4, 0.5) is 0 Å². The SMILES string of the molecule is CC(=O)N[C@@H]1[C@@H](O)[C@H](O[C@@H]2O[C@@H]3CO[C@@H](c4ccccc4)O[C@H]3[C@H](O)[C@H]2NC(C)=O)[C@@H](COC(c2ccccc2)(c2ccccc2)c2ccccc2)O[C@H]1Sc1ccccc1. The topological polar surface area (TPSA) is 154 Å². The second-order valence-electron chi connectivity index (χ2n) is 15.3. The van der Waals surface area contributed by atoms with Crippen molar-refractivity contribution in [3.8, 4) is 0 Å². The second-order valence-corrected chi connectivity index (χ2v) is 16.5. The third-order valence-electron chi connectivity index (χ3n) is 11.1. The van der Waals surface area contributed by atoms with Crippen LogP contribution in [0, 0.1) is 0 Å². The number of aliphatic hydroxyl groups is 2. The van der Waals surface area contributed by atoms with Crippen LogP contribution in [0.1, 0.15) is 42.4 Å². The first-order valence-corrected chi connectivity index (χ1v) is 21.3. The highest BCUT2D eigenvalue weighted by atomic mass is 32.2. The van der Waals surface area contributed by atoms with Crippen LogP contribution in [0.15, 0.2) is 157 Å². The molecule has 5 aromatic rings. The summed E-state index contributed by atoms with van der Waals surface area (Å²) in [7, 11) is 0. The molecule has 0 aromatic heterocycles. The molecule has 3 aliphatic rings. The van der Waals surface area contributed by atoms with Crippen LogP contribution >= 0.6 is 11.8 Å². The Hall–Kier alpha value is -4.93. The number of aliphatic hydroxyl groups excluding tert-OH is 2. The molecule has 3 saturated heterocycles. The van der Waals surface area contributed by atoms with Gasteiger partial charge in [-0.3, -0.25) is 9.59 Å². The number of fused-ring (bicyclic) bond motifs is 1. The van der Waals surface area contributed by atoms with Crippen LogP contribution < -0.4 is 10.6 Å². The third-order valence-corrected chi connectivity index (χ3v) is 12.3. The maximum absolute atomic E-state index is 12.8. The summed E-state index contributed by atoms with van der Waals surface area (Å²) < 4.78 is 39.8. The molecule has 12 nitrogen and oxygen atoms in total. The standard InChI is InChI=1S/C48H50N2O10S/c1-30(51)49-39-41(53)43-37(28-55-45(59-43)32-18-8-3-9-19-32)57-46(39)60-44-38(58-47(40(42(44)54)50-31(2)52)61-36-26-16-7-17-27-36)29-56-48(33-20-10-4-11-21-33,34-22-12-5-13-23-34)35-24-14-6-15-25-35/h3-27,37-47,53-54H,28-29H2,1-2H3,(H,49,51)(H,50,52)/t37-,38-,39-,40-,41-,42-,43-,44-,45-,46+,47+/m1/s1. The van der Waals surface area contributed by atoms with Crippen LogP contribution in [0.25, 0.3) is 0 Å². The van der Waals surface area contributed by atoms with Crippen molar-refractivity contribution >= 4 is 23.6 Å². The average molecular weight is 847 g/mol. The molecule has 0 aliphatic carbocycles. The molecule has 61 heavy (non-hydrogen) atoms. The van der Waals surface area contributed by atoms with Crippen molar-refractivity contribution in [2.45, 2.75) is 91.1 Å². The van der Waals surface area contributed by atoms with Crippen molar-refractivity contribution < 1.29 is 48.2 Å². The van der Waals surface area contributed by atoms with Gasteiger partial charge in [-0.05, 0) is 28.8 Å². The Balaban J connectivity index is 1.16. The van der Waals surface area contributed by atoms with Crippen molar-refractivity contribution in [3.63, 3.8) is 0 Å². The number of nitrogens with one attached hydrogen (secondary N) is 2. The molecular formula is C48H50N2O10S. The molecule has 3 fully saturated rings. The van der Waals surface area contributed by atoms with E-state index in [0.717, 1.165) is 27.1 Å². The number of thioether (sulfide) groups is 1. The minimum Gasteiger partial charge on any atom is -0.388 e. The summed E-state index contributed by atoms with van der Waals surface area (Å²) in [4.78, 5) is 26.4. The Kier molecular flexibility index (Phi) is 13.6. The summed E-state index contributed by atoms with van der Waals surface area (Å²) in [5.41, 5.74) is 1.36. The normalized spacial score (nSPS) is 28.9. The van der Waals surface area contributed by atoms with Gasteiger partial charge in [0.2, 0.25) is 11.8 Å². The molecule has 0 bridgehead atoms. The summed E-state index contributed by atoms with van der Waals surface area (Å²) in [6.45, 7) is 2.62. The molecule has 3 heterocycles. The maximum Gasteiger partial charge on any atom is 0.217 e. The number of benzene rings is 5. The molecule has 13 heteroatoms. The Bertz CT molecular complexity index is 2080. The van der Waals surface area contributed by atoms with Crippen molar-refractivity contribution in [1.82, 2.24) is 10.6 Å². The molecule has 11 atom stereocenters. The number of carbonyl (C=O) groups is 2. The highest BCUT2D eigenvalue weighted by Gasteiger charge is 2.54. The molecule has 0 spiro atoms. The average Bonchev–Trinajstić information content (AvgIpc) is 3.29. The van der Waals surface area contributed by atoms with Gasteiger partial charge in [-0.25, -0.2) is 0 Å². The first-order valence-electron chi connectivity index (χ1n) is 20.4. The predicted octanol–water partition coefficient (Wildman–Crippen LogP) is 5.47. The zero-order chi connectivity index (χ0) is 42.3. The van der Waals surface area contributed by atoms with Crippen molar-refractivity contribution in [3.05, 3.63) is 174 Å². The molecule has 8 rings (SSSR count). The molecule has 3 aliphatic heterocycles. The van der Waals surface area contributed by atoms with E-state index < -0.39 is 78.2 Å². The van der Waals surface area contributed by atoms with Gasteiger partial charge in [0.05, 0.1) is 19.3 Å². The van der Waals surface area contributed by atoms with E-state index in [0.29, 0.717) is 0 Å². The number of amides is 2. The zero-order valence-corrected chi connectivity index (χ0v) is 34.6. The summed E-state index contributed by atoms with van der Waals surface area (Å²) in [6.07, 6.45) is -8.77. The van der Waals surface area contributed by atoms with Crippen LogP contribution in [0.3, 0.4) is 0 Å². The summed E-state index contributed by atoms with van der Waals surface area (Å²) in [5.74, 6) is -0.829. The van der Waals surface area contributed by atoms with Gasteiger partial charge in [0, 0.05) is 24.3 Å². The fourth-order valence-corrected chi connectivity index (χ4v) is 9.51. The largest absolute Gasteiger partial charge is 0.388 e. The smallest absolute Gasteiger partial charge is 0.217 e. The van der Waals surface area contributed by atoms with E-state index in [-0.39, 0.29) is 19.1 Å². The fourth-order valence-electron chi connectivity index (χ4n) is 8.35. The Morgan fingerprint density at radius 3 is 1.72 bits per heavy atom. The van der Waals surface area contributed by atoms with E-state index in [4.69, 9.17) is 28.4 Å². The van der Waals surface area contributed by atoms with Gasteiger partial charge in [-0.2, -0.15) is 0 Å². The van der Waals surface area contributed by atoms with E-state index in [9.17, 15) is 19.8 Å². The van der Waals surface area contributed by atoms with Crippen molar-refractivity contribution in [2.75, 3.05) is 13.2 Å². The van der Waals surface area contributed by atoms with Gasteiger partial charge in [0.1, 0.15) is 53.7 Å². The predicted molar refractivity (Wildman–Crippen MR) is 227 cm³/mol. The highest BCUT2D eigenvalue weighted by Crippen LogP contribution is 2.43. The minimum absolute atomic E-state index is 0.0439. The Labute approximate surface area is 359 Å². The van der Waals surface area contributed by atoms with Crippen LogP contribution in [-0.2, 0) is 43.6 Å². The summed E-state index contributed by atoms with van der Waals surface area (Å²) in [5, 5.41) is 30.1. The molecule has 0 radical (unpaired) electrons. The lowest BCUT2D eigenvalue weighted by atomic mass is 9.80. The lowest BCUT2D eigenvalue weighted by molar-refractivity contribution is -0.359. The van der Waals surface area contributed by atoms with E-state index in [1.54, 1.807) is 0 Å². The van der Waals surface area contributed by atoms with Crippen LogP contribution in [0.2, 0.25) is 0 Å². The van der Waals surface area contributed by atoms with Gasteiger partial charge in [0.25, 0.3) is 0 Å². The summed E-state index contributed by atoms with van der Waals surface area (Å²) in [6, 6.07) is 46.4. The first-order chi connectivity index (χ1) is 29.7. The molecule has 0 saturated carbocycles. The number of carbonyl (C=O) groups excluding carboxylic acids is 2. The van der Waals surface area contributed by atoms with Gasteiger partial charge in [-0.15, -0.1) is 0 Å². The minimum atomic E-state index is -1.40. The number of ether oxygens (including phenoxy) is 6. The first kappa shape index (κ1) is 42.7. The van der Waals surface area contributed by atoms with E-state index in [1.165, 1.54) is 25.6 Å². The molecule has 5 aromatic carbocycles. The van der Waals surface area contributed by atoms with E-state index >= 15 is 0 Å². The van der Waals surface area contributed by atoms with Crippen molar-refractivity contribution in [2.24, 2.45) is 0 Å². The molecule has 2 amide bonds. The molecule has 0 unspecified atom stereocenters. The maximum atomic E-state index is 12.8.